The van der Waals surface area contributed by atoms with Gasteiger partial charge >= 0.3 is 0 Å². The summed E-state index contributed by atoms with van der Waals surface area (Å²) in [7, 11) is -3.60. The molecule has 0 radical (unpaired) electrons. The number of benzene rings is 1. The Balaban J connectivity index is 2.49. The lowest BCUT2D eigenvalue weighted by Crippen LogP contribution is -2.11. The van der Waals surface area contributed by atoms with E-state index in [0.717, 1.165) is 24.8 Å². The van der Waals surface area contributed by atoms with Crippen LogP contribution in [-0.2, 0) is 14.3 Å². The van der Waals surface area contributed by atoms with Crippen molar-refractivity contribution in [2.24, 2.45) is 5.92 Å². The zero-order chi connectivity index (χ0) is 15.0. The average Bonchev–Trinajstić information content (AvgIpc) is 2.43. The molecule has 1 aromatic carbocycles. The second-order valence-electron chi connectivity index (χ2n) is 5.29. The lowest BCUT2D eigenvalue weighted by atomic mass is 9.96. The summed E-state index contributed by atoms with van der Waals surface area (Å²) in [5.74, 6) is 0.558. The highest BCUT2D eigenvalue weighted by molar-refractivity contribution is 7.86. The quantitative estimate of drug-likeness (QED) is 0.638. The van der Waals surface area contributed by atoms with Gasteiger partial charge in [0.15, 0.2) is 0 Å². The van der Waals surface area contributed by atoms with Crippen molar-refractivity contribution in [2.75, 3.05) is 6.61 Å². The summed E-state index contributed by atoms with van der Waals surface area (Å²) >= 11 is 0. The van der Waals surface area contributed by atoms with Crippen molar-refractivity contribution in [2.45, 2.75) is 57.8 Å². The summed E-state index contributed by atoms with van der Waals surface area (Å²) in [6.07, 6.45) is 5.42. The van der Waals surface area contributed by atoms with Crippen LogP contribution in [0.15, 0.2) is 29.2 Å². The zero-order valence-corrected chi connectivity index (χ0v) is 13.6. The molecule has 0 saturated carbocycles. The van der Waals surface area contributed by atoms with E-state index in [0.29, 0.717) is 5.92 Å². The summed E-state index contributed by atoms with van der Waals surface area (Å²) < 4.78 is 29.2. The summed E-state index contributed by atoms with van der Waals surface area (Å²) in [5.41, 5.74) is 1.04. The predicted octanol–water partition coefficient (Wildman–Crippen LogP) is 4.31. The van der Waals surface area contributed by atoms with Crippen LogP contribution in [-0.4, -0.2) is 15.0 Å². The van der Waals surface area contributed by atoms with Crippen molar-refractivity contribution in [3.8, 4) is 0 Å². The maximum absolute atomic E-state index is 12.0. The predicted molar refractivity (Wildman–Crippen MR) is 82.2 cm³/mol. The highest BCUT2D eigenvalue weighted by Gasteiger charge is 2.15. The molecule has 20 heavy (non-hydrogen) atoms. The Labute approximate surface area is 123 Å². The third-order valence-electron chi connectivity index (χ3n) is 3.62. The van der Waals surface area contributed by atoms with Crippen molar-refractivity contribution in [1.29, 1.82) is 0 Å². The summed E-state index contributed by atoms with van der Waals surface area (Å²) in [4.78, 5) is 0.240. The highest BCUT2D eigenvalue weighted by atomic mass is 32.2. The van der Waals surface area contributed by atoms with Crippen LogP contribution >= 0.6 is 0 Å². The first kappa shape index (κ1) is 17.2. The highest BCUT2D eigenvalue weighted by Crippen LogP contribution is 2.19. The first-order valence-corrected chi connectivity index (χ1v) is 8.86. The number of rotatable bonds is 9. The maximum Gasteiger partial charge on any atom is 0.296 e. The molecule has 0 N–H and O–H groups in total. The van der Waals surface area contributed by atoms with Crippen LogP contribution < -0.4 is 0 Å². The van der Waals surface area contributed by atoms with E-state index in [1.807, 2.05) is 6.92 Å². The molecule has 0 aromatic heterocycles. The summed E-state index contributed by atoms with van der Waals surface area (Å²) in [6, 6.07) is 6.76. The van der Waals surface area contributed by atoms with E-state index in [9.17, 15) is 8.42 Å². The van der Waals surface area contributed by atoms with Crippen molar-refractivity contribution in [3.05, 3.63) is 29.8 Å². The first-order chi connectivity index (χ1) is 9.49. The van der Waals surface area contributed by atoms with Crippen LogP contribution in [0.4, 0.5) is 0 Å². The Morgan fingerprint density at radius 2 is 1.75 bits per heavy atom. The fraction of sp³-hybridized carbons (Fsp3) is 0.625. The number of hydrogen-bond acceptors (Lipinski definition) is 3. The van der Waals surface area contributed by atoms with Crippen molar-refractivity contribution in [1.82, 2.24) is 0 Å². The second kappa shape index (κ2) is 8.42. The lowest BCUT2D eigenvalue weighted by Gasteiger charge is -2.14. The van der Waals surface area contributed by atoms with E-state index in [-0.39, 0.29) is 11.5 Å². The molecule has 0 fully saturated rings. The van der Waals surface area contributed by atoms with Gasteiger partial charge in [-0.2, -0.15) is 8.42 Å². The Hall–Kier alpha value is -0.870. The summed E-state index contributed by atoms with van der Waals surface area (Å²) in [6.45, 7) is 6.52. The first-order valence-electron chi connectivity index (χ1n) is 7.45. The van der Waals surface area contributed by atoms with Gasteiger partial charge in [0.05, 0.1) is 11.5 Å². The smallest absolute Gasteiger partial charge is 0.266 e. The Morgan fingerprint density at radius 3 is 2.30 bits per heavy atom. The van der Waals surface area contributed by atoms with Gasteiger partial charge in [0.2, 0.25) is 0 Å². The SMILES string of the molecule is CCCCC(CC)CCOS(=O)(=O)c1ccc(C)cc1. The fourth-order valence-electron chi connectivity index (χ4n) is 2.14. The van der Waals surface area contributed by atoms with Gasteiger partial charge in [-0.1, -0.05) is 57.2 Å². The van der Waals surface area contributed by atoms with E-state index in [1.165, 1.54) is 12.8 Å². The van der Waals surface area contributed by atoms with Gasteiger partial charge in [-0.3, -0.25) is 4.18 Å². The molecule has 1 unspecified atom stereocenters. The van der Waals surface area contributed by atoms with Crippen LogP contribution in [0.5, 0.6) is 0 Å². The van der Waals surface area contributed by atoms with Gasteiger partial charge in [0.1, 0.15) is 0 Å². The second-order valence-corrected chi connectivity index (χ2v) is 6.91. The lowest BCUT2D eigenvalue weighted by molar-refractivity contribution is 0.270. The minimum absolute atomic E-state index is 0.240. The third-order valence-corrected chi connectivity index (χ3v) is 4.94. The van der Waals surface area contributed by atoms with Gasteiger partial charge in [0, 0.05) is 0 Å². The van der Waals surface area contributed by atoms with Crippen molar-refractivity contribution >= 4 is 10.1 Å². The molecule has 4 heteroatoms. The molecule has 0 spiro atoms. The van der Waals surface area contributed by atoms with Crippen molar-refractivity contribution < 1.29 is 12.6 Å². The number of aryl methyl sites for hydroxylation is 1. The molecule has 0 aliphatic heterocycles. The zero-order valence-electron chi connectivity index (χ0n) is 12.8. The average molecular weight is 298 g/mol. The van der Waals surface area contributed by atoms with Crippen LogP contribution in [0.1, 0.15) is 51.5 Å². The molecule has 114 valence electrons. The molecule has 0 aliphatic rings. The largest absolute Gasteiger partial charge is 0.296 e. The fourth-order valence-corrected chi connectivity index (χ4v) is 3.06. The molecule has 1 aromatic rings. The molecule has 1 rings (SSSR count). The molecule has 0 heterocycles. The molecule has 1 atom stereocenters. The van der Waals surface area contributed by atoms with Gasteiger partial charge < -0.3 is 0 Å². The van der Waals surface area contributed by atoms with E-state index >= 15 is 0 Å². The van der Waals surface area contributed by atoms with Gasteiger partial charge in [0.25, 0.3) is 10.1 Å². The van der Waals surface area contributed by atoms with Crippen LogP contribution in [0.2, 0.25) is 0 Å². The number of hydrogen-bond donors (Lipinski definition) is 0. The monoisotopic (exact) mass is 298 g/mol. The van der Waals surface area contributed by atoms with Crippen molar-refractivity contribution in [3.63, 3.8) is 0 Å². The van der Waals surface area contributed by atoms with E-state index in [4.69, 9.17) is 4.18 Å². The Morgan fingerprint density at radius 1 is 1.10 bits per heavy atom. The standard InChI is InChI=1S/C16H26O3S/c1-4-6-7-15(5-2)12-13-19-20(17,18)16-10-8-14(3)9-11-16/h8-11,15H,4-7,12-13H2,1-3H3. The summed E-state index contributed by atoms with van der Waals surface area (Å²) in [5, 5.41) is 0. The topological polar surface area (TPSA) is 43.4 Å². The molecule has 3 nitrogen and oxygen atoms in total. The molecule has 0 bridgehead atoms. The number of unbranched alkanes of at least 4 members (excludes halogenated alkanes) is 1. The van der Waals surface area contributed by atoms with Crippen LogP contribution in [0.3, 0.4) is 0 Å². The Bertz CT molecular complexity index is 477. The maximum atomic E-state index is 12.0. The van der Waals surface area contributed by atoms with E-state index < -0.39 is 10.1 Å². The van der Waals surface area contributed by atoms with Crippen LogP contribution in [0, 0.1) is 12.8 Å². The van der Waals surface area contributed by atoms with Gasteiger partial charge in [-0.15, -0.1) is 0 Å². The minimum atomic E-state index is -3.60. The van der Waals surface area contributed by atoms with Gasteiger partial charge in [-0.05, 0) is 31.4 Å². The third kappa shape index (κ3) is 5.63. The van der Waals surface area contributed by atoms with Gasteiger partial charge in [-0.25, -0.2) is 0 Å². The normalized spacial score (nSPS) is 13.3. The molecule has 0 saturated heterocycles. The minimum Gasteiger partial charge on any atom is -0.266 e. The van der Waals surface area contributed by atoms with E-state index in [1.54, 1.807) is 24.3 Å². The van der Waals surface area contributed by atoms with E-state index in [2.05, 4.69) is 13.8 Å². The van der Waals surface area contributed by atoms with Crippen LogP contribution in [0.25, 0.3) is 0 Å². The molecular weight excluding hydrogens is 272 g/mol. The molecular formula is C16H26O3S. The Kier molecular flexibility index (Phi) is 7.24. The molecule has 0 aliphatic carbocycles. The molecule has 0 amide bonds.